The van der Waals surface area contributed by atoms with Crippen molar-refractivity contribution in [2.24, 2.45) is 0 Å². The first-order valence-corrected chi connectivity index (χ1v) is 8.63. The van der Waals surface area contributed by atoms with Crippen LogP contribution in [0.25, 0.3) is 0 Å². The van der Waals surface area contributed by atoms with Crippen molar-refractivity contribution in [2.45, 2.75) is 13.5 Å². The molecule has 0 saturated carbocycles. The van der Waals surface area contributed by atoms with Crippen molar-refractivity contribution in [3.05, 3.63) is 83.8 Å². The SMILES string of the molecule is CC(=O)Nc1cccc(Nc2cc(C(=O)NCc3ccccc3F)ccn2)c1. The molecular formula is C21H19FN4O2. The van der Waals surface area contributed by atoms with Gasteiger partial charge in [0.15, 0.2) is 0 Å². The van der Waals surface area contributed by atoms with Gasteiger partial charge in [0.25, 0.3) is 5.91 Å². The summed E-state index contributed by atoms with van der Waals surface area (Å²) in [6.07, 6.45) is 1.51. The van der Waals surface area contributed by atoms with E-state index in [1.54, 1.807) is 48.5 Å². The van der Waals surface area contributed by atoms with Crippen LogP contribution in [0.5, 0.6) is 0 Å². The Morgan fingerprint density at radius 3 is 2.57 bits per heavy atom. The summed E-state index contributed by atoms with van der Waals surface area (Å²) in [6, 6.07) is 16.6. The van der Waals surface area contributed by atoms with Gasteiger partial charge in [-0.2, -0.15) is 0 Å². The van der Waals surface area contributed by atoms with E-state index < -0.39 is 0 Å². The maximum absolute atomic E-state index is 13.7. The first kappa shape index (κ1) is 19.0. The van der Waals surface area contributed by atoms with Crippen LogP contribution in [0.2, 0.25) is 0 Å². The van der Waals surface area contributed by atoms with E-state index in [0.717, 1.165) is 0 Å². The Labute approximate surface area is 161 Å². The molecule has 3 N–H and O–H groups in total. The van der Waals surface area contributed by atoms with E-state index >= 15 is 0 Å². The van der Waals surface area contributed by atoms with Gasteiger partial charge in [-0.25, -0.2) is 9.37 Å². The van der Waals surface area contributed by atoms with Gasteiger partial charge >= 0.3 is 0 Å². The van der Waals surface area contributed by atoms with Crippen LogP contribution in [0.15, 0.2) is 66.9 Å². The summed E-state index contributed by atoms with van der Waals surface area (Å²) >= 11 is 0. The second-order valence-corrected chi connectivity index (χ2v) is 6.09. The largest absolute Gasteiger partial charge is 0.348 e. The van der Waals surface area contributed by atoms with E-state index in [2.05, 4.69) is 20.9 Å². The molecule has 3 rings (SSSR count). The molecule has 3 aromatic rings. The van der Waals surface area contributed by atoms with Crippen LogP contribution in [0.1, 0.15) is 22.8 Å². The summed E-state index contributed by atoms with van der Waals surface area (Å²) in [5.74, 6) is -0.387. The second kappa shape index (κ2) is 8.77. The van der Waals surface area contributed by atoms with Gasteiger partial charge in [0, 0.05) is 42.2 Å². The van der Waals surface area contributed by atoms with E-state index in [1.165, 1.54) is 19.2 Å². The van der Waals surface area contributed by atoms with Crippen LogP contribution >= 0.6 is 0 Å². The third-order valence-electron chi connectivity index (χ3n) is 3.87. The number of aromatic nitrogens is 1. The number of benzene rings is 2. The number of carbonyl (C=O) groups is 2. The van der Waals surface area contributed by atoms with Gasteiger partial charge in [0.1, 0.15) is 11.6 Å². The lowest BCUT2D eigenvalue weighted by Gasteiger charge is -2.10. The van der Waals surface area contributed by atoms with E-state index in [4.69, 9.17) is 0 Å². The maximum atomic E-state index is 13.7. The average Bonchev–Trinajstić information content (AvgIpc) is 2.67. The number of pyridine rings is 1. The number of halogens is 1. The fourth-order valence-electron chi connectivity index (χ4n) is 2.59. The molecular weight excluding hydrogens is 359 g/mol. The van der Waals surface area contributed by atoms with Gasteiger partial charge in [0.05, 0.1) is 0 Å². The predicted octanol–water partition coefficient (Wildman–Crippen LogP) is 3.85. The third kappa shape index (κ3) is 5.14. The minimum Gasteiger partial charge on any atom is -0.348 e. The van der Waals surface area contributed by atoms with Crippen LogP contribution in [0.4, 0.5) is 21.6 Å². The van der Waals surface area contributed by atoms with Crippen molar-refractivity contribution in [3.8, 4) is 0 Å². The van der Waals surface area contributed by atoms with Gasteiger partial charge in [-0.15, -0.1) is 0 Å². The highest BCUT2D eigenvalue weighted by Crippen LogP contribution is 2.19. The van der Waals surface area contributed by atoms with Gasteiger partial charge < -0.3 is 16.0 Å². The summed E-state index contributed by atoms with van der Waals surface area (Å²) in [7, 11) is 0. The molecule has 0 saturated heterocycles. The lowest BCUT2D eigenvalue weighted by molar-refractivity contribution is -0.114. The zero-order chi connectivity index (χ0) is 19.9. The Hall–Kier alpha value is -3.74. The molecule has 0 aliphatic heterocycles. The molecule has 6 nitrogen and oxygen atoms in total. The van der Waals surface area contributed by atoms with Crippen LogP contribution in [0, 0.1) is 5.82 Å². The van der Waals surface area contributed by atoms with E-state index in [0.29, 0.717) is 28.3 Å². The lowest BCUT2D eigenvalue weighted by atomic mass is 10.2. The van der Waals surface area contributed by atoms with Crippen molar-refractivity contribution in [3.63, 3.8) is 0 Å². The molecule has 2 amide bonds. The van der Waals surface area contributed by atoms with Crippen LogP contribution in [-0.2, 0) is 11.3 Å². The highest BCUT2D eigenvalue weighted by Gasteiger charge is 2.09. The Bertz CT molecular complexity index is 1010. The van der Waals surface area contributed by atoms with E-state index in [1.807, 2.05) is 6.07 Å². The third-order valence-corrected chi connectivity index (χ3v) is 3.87. The Morgan fingerprint density at radius 1 is 1.00 bits per heavy atom. The molecule has 0 spiro atoms. The normalized spacial score (nSPS) is 10.2. The Balaban J connectivity index is 1.67. The first-order valence-electron chi connectivity index (χ1n) is 8.63. The Morgan fingerprint density at radius 2 is 1.79 bits per heavy atom. The predicted molar refractivity (Wildman–Crippen MR) is 106 cm³/mol. The Kier molecular flexibility index (Phi) is 5.96. The van der Waals surface area contributed by atoms with Crippen molar-refractivity contribution < 1.29 is 14.0 Å². The molecule has 1 aromatic heterocycles. The average molecular weight is 378 g/mol. The van der Waals surface area contributed by atoms with Crippen molar-refractivity contribution in [2.75, 3.05) is 10.6 Å². The zero-order valence-corrected chi connectivity index (χ0v) is 15.2. The standard InChI is InChI=1S/C21H19FN4O2/c1-14(27)25-17-6-4-7-18(12-17)26-20-11-15(9-10-23-20)21(28)24-13-16-5-2-3-8-19(16)22/h2-12H,13H2,1H3,(H,23,26)(H,24,28)(H,25,27). The summed E-state index contributed by atoms with van der Waals surface area (Å²) in [4.78, 5) is 27.8. The summed E-state index contributed by atoms with van der Waals surface area (Å²) < 4.78 is 13.7. The lowest BCUT2D eigenvalue weighted by Crippen LogP contribution is -2.23. The quantitative estimate of drug-likeness (QED) is 0.608. The van der Waals surface area contributed by atoms with Gasteiger partial charge in [-0.05, 0) is 36.4 Å². The highest BCUT2D eigenvalue weighted by atomic mass is 19.1. The summed E-state index contributed by atoms with van der Waals surface area (Å²) in [5.41, 5.74) is 2.17. The second-order valence-electron chi connectivity index (χ2n) is 6.09. The maximum Gasteiger partial charge on any atom is 0.251 e. The van der Waals surface area contributed by atoms with Crippen molar-refractivity contribution >= 4 is 29.0 Å². The smallest absolute Gasteiger partial charge is 0.251 e. The number of hydrogen-bond acceptors (Lipinski definition) is 4. The minimum atomic E-state index is -0.362. The fourth-order valence-corrected chi connectivity index (χ4v) is 2.59. The molecule has 28 heavy (non-hydrogen) atoms. The minimum absolute atomic E-state index is 0.0926. The molecule has 0 atom stereocenters. The molecule has 0 aliphatic carbocycles. The first-order chi connectivity index (χ1) is 13.5. The van der Waals surface area contributed by atoms with E-state index in [9.17, 15) is 14.0 Å². The number of hydrogen-bond donors (Lipinski definition) is 3. The monoisotopic (exact) mass is 378 g/mol. The zero-order valence-electron chi connectivity index (χ0n) is 15.2. The molecule has 0 aliphatic rings. The van der Waals surface area contributed by atoms with Crippen molar-refractivity contribution in [1.82, 2.24) is 10.3 Å². The fraction of sp³-hybridized carbons (Fsp3) is 0.0952. The number of nitrogens with one attached hydrogen (secondary N) is 3. The van der Waals surface area contributed by atoms with Crippen LogP contribution < -0.4 is 16.0 Å². The molecule has 0 bridgehead atoms. The molecule has 1 heterocycles. The van der Waals surface area contributed by atoms with Gasteiger partial charge in [0.2, 0.25) is 5.91 Å². The molecule has 0 radical (unpaired) electrons. The topological polar surface area (TPSA) is 83.1 Å². The number of amides is 2. The number of anilines is 3. The number of nitrogens with zero attached hydrogens (tertiary/aromatic N) is 1. The molecule has 0 fully saturated rings. The van der Waals surface area contributed by atoms with Gasteiger partial charge in [-0.3, -0.25) is 9.59 Å². The number of rotatable bonds is 6. The number of carbonyl (C=O) groups excluding carboxylic acids is 2. The van der Waals surface area contributed by atoms with E-state index in [-0.39, 0.29) is 24.2 Å². The highest BCUT2D eigenvalue weighted by molar-refractivity contribution is 5.95. The summed E-state index contributed by atoms with van der Waals surface area (Å²) in [5, 5.41) is 8.49. The van der Waals surface area contributed by atoms with Crippen molar-refractivity contribution in [1.29, 1.82) is 0 Å². The van der Waals surface area contributed by atoms with Gasteiger partial charge in [-0.1, -0.05) is 24.3 Å². The van der Waals surface area contributed by atoms with Crippen LogP contribution in [-0.4, -0.2) is 16.8 Å². The molecule has 2 aromatic carbocycles. The van der Waals surface area contributed by atoms with Crippen LogP contribution in [0.3, 0.4) is 0 Å². The summed E-state index contributed by atoms with van der Waals surface area (Å²) in [6.45, 7) is 1.53. The molecule has 142 valence electrons. The molecule has 7 heteroatoms. The molecule has 0 unspecified atom stereocenters.